The number of hydrogen-bond acceptors (Lipinski definition) is 3. The van der Waals surface area contributed by atoms with Crippen molar-refractivity contribution in [3.8, 4) is 0 Å². The molecule has 1 heterocycles. The standard InChI is InChI=1S/C9H13N3O2/c1-6-7(4-3-5-10)8(9(13)14)12(2)11-6/h3-4H,5,10H2,1-2H3,(H,13,14). The molecule has 0 spiro atoms. The average Bonchev–Trinajstić information content (AvgIpc) is 2.37. The second-order valence-corrected chi connectivity index (χ2v) is 2.91. The van der Waals surface area contributed by atoms with Crippen LogP contribution >= 0.6 is 0 Å². The van der Waals surface area contributed by atoms with E-state index in [9.17, 15) is 4.79 Å². The second-order valence-electron chi connectivity index (χ2n) is 2.91. The van der Waals surface area contributed by atoms with E-state index in [0.717, 1.165) is 0 Å². The van der Waals surface area contributed by atoms with Crippen LogP contribution in [0.4, 0.5) is 0 Å². The number of carbonyl (C=O) groups is 1. The third-order valence-electron chi connectivity index (χ3n) is 1.89. The fourth-order valence-electron chi connectivity index (χ4n) is 1.31. The van der Waals surface area contributed by atoms with Crippen molar-refractivity contribution in [2.24, 2.45) is 12.8 Å². The molecule has 0 radical (unpaired) electrons. The molecule has 76 valence electrons. The molecular weight excluding hydrogens is 182 g/mol. The lowest BCUT2D eigenvalue weighted by Crippen LogP contribution is -2.06. The first-order chi connectivity index (χ1) is 6.57. The van der Waals surface area contributed by atoms with Gasteiger partial charge in [0, 0.05) is 19.2 Å². The summed E-state index contributed by atoms with van der Waals surface area (Å²) < 4.78 is 1.36. The summed E-state index contributed by atoms with van der Waals surface area (Å²) in [5.74, 6) is -0.982. The van der Waals surface area contributed by atoms with Crippen molar-refractivity contribution < 1.29 is 9.90 Å². The lowest BCUT2D eigenvalue weighted by molar-refractivity contribution is 0.0685. The molecule has 1 aromatic rings. The molecule has 0 amide bonds. The van der Waals surface area contributed by atoms with Gasteiger partial charge in [-0.05, 0) is 6.92 Å². The quantitative estimate of drug-likeness (QED) is 0.731. The summed E-state index contributed by atoms with van der Waals surface area (Å²) in [5.41, 5.74) is 6.79. The van der Waals surface area contributed by atoms with Gasteiger partial charge in [-0.15, -0.1) is 0 Å². The van der Waals surface area contributed by atoms with Gasteiger partial charge in [0.2, 0.25) is 0 Å². The Labute approximate surface area is 81.8 Å². The predicted molar refractivity (Wildman–Crippen MR) is 53.0 cm³/mol. The van der Waals surface area contributed by atoms with Gasteiger partial charge < -0.3 is 10.8 Å². The maximum Gasteiger partial charge on any atom is 0.354 e. The molecule has 0 aliphatic rings. The summed E-state index contributed by atoms with van der Waals surface area (Å²) in [5, 5.41) is 13.0. The molecule has 5 nitrogen and oxygen atoms in total. The molecule has 0 atom stereocenters. The summed E-state index contributed by atoms with van der Waals surface area (Å²) >= 11 is 0. The van der Waals surface area contributed by atoms with Crippen LogP contribution in [0.25, 0.3) is 6.08 Å². The summed E-state index contributed by atoms with van der Waals surface area (Å²) in [6.07, 6.45) is 3.39. The van der Waals surface area contributed by atoms with Crippen molar-refractivity contribution in [1.29, 1.82) is 0 Å². The number of nitrogens with two attached hydrogens (primary N) is 1. The highest BCUT2D eigenvalue weighted by Gasteiger charge is 2.16. The maximum absolute atomic E-state index is 10.9. The lowest BCUT2D eigenvalue weighted by atomic mass is 10.1. The molecular formula is C9H13N3O2. The number of carboxylic acids is 1. The highest BCUT2D eigenvalue weighted by Crippen LogP contribution is 2.14. The number of hydrogen-bond donors (Lipinski definition) is 2. The molecule has 14 heavy (non-hydrogen) atoms. The van der Waals surface area contributed by atoms with Crippen LogP contribution < -0.4 is 5.73 Å². The van der Waals surface area contributed by atoms with E-state index in [1.54, 1.807) is 26.1 Å². The molecule has 3 N–H and O–H groups in total. The number of aromatic nitrogens is 2. The Kier molecular flexibility index (Phi) is 3.03. The van der Waals surface area contributed by atoms with E-state index in [0.29, 0.717) is 17.8 Å². The van der Waals surface area contributed by atoms with Gasteiger partial charge in [-0.1, -0.05) is 12.2 Å². The van der Waals surface area contributed by atoms with Crippen molar-refractivity contribution >= 4 is 12.0 Å². The molecule has 1 aromatic heterocycles. The van der Waals surface area contributed by atoms with Gasteiger partial charge in [0.15, 0.2) is 5.69 Å². The van der Waals surface area contributed by atoms with Crippen molar-refractivity contribution in [3.05, 3.63) is 23.0 Å². The molecule has 0 unspecified atom stereocenters. The summed E-state index contributed by atoms with van der Waals surface area (Å²) in [4.78, 5) is 10.9. The largest absolute Gasteiger partial charge is 0.477 e. The number of aryl methyl sites for hydroxylation is 2. The zero-order valence-electron chi connectivity index (χ0n) is 8.19. The van der Waals surface area contributed by atoms with E-state index in [2.05, 4.69) is 5.10 Å². The van der Waals surface area contributed by atoms with Crippen molar-refractivity contribution in [3.63, 3.8) is 0 Å². The van der Waals surface area contributed by atoms with Crippen LogP contribution in [0.15, 0.2) is 6.08 Å². The molecule has 0 bridgehead atoms. The number of nitrogens with zero attached hydrogens (tertiary/aromatic N) is 2. The number of aromatic carboxylic acids is 1. The van der Waals surface area contributed by atoms with Gasteiger partial charge in [-0.3, -0.25) is 4.68 Å². The lowest BCUT2D eigenvalue weighted by Gasteiger charge is -1.96. The number of rotatable bonds is 3. The normalized spacial score (nSPS) is 11.1. The summed E-state index contributed by atoms with van der Waals surface area (Å²) in [6, 6.07) is 0. The van der Waals surface area contributed by atoms with E-state index < -0.39 is 5.97 Å². The molecule has 0 saturated heterocycles. The Morgan fingerprint density at radius 3 is 2.86 bits per heavy atom. The summed E-state index contributed by atoms with van der Waals surface area (Å²) in [7, 11) is 1.61. The third kappa shape index (κ3) is 1.82. The topological polar surface area (TPSA) is 81.1 Å². The highest BCUT2D eigenvalue weighted by molar-refractivity contribution is 5.90. The molecule has 1 rings (SSSR count). The fourth-order valence-corrected chi connectivity index (χ4v) is 1.31. The Balaban J connectivity index is 3.25. The van der Waals surface area contributed by atoms with Crippen LogP contribution in [0, 0.1) is 6.92 Å². The Morgan fingerprint density at radius 2 is 2.36 bits per heavy atom. The Hall–Kier alpha value is -1.62. The first kappa shape index (κ1) is 10.5. The van der Waals surface area contributed by atoms with Gasteiger partial charge in [-0.25, -0.2) is 4.79 Å². The molecule has 0 aliphatic heterocycles. The van der Waals surface area contributed by atoms with E-state index in [4.69, 9.17) is 10.8 Å². The number of carboxylic acid groups (broad SMARTS) is 1. The Morgan fingerprint density at radius 1 is 1.71 bits per heavy atom. The van der Waals surface area contributed by atoms with Gasteiger partial charge in [-0.2, -0.15) is 5.10 Å². The van der Waals surface area contributed by atoms with Gasteiger partial charge in [0.25, 0.3) is 0 Å². The molecule has 0 aromatic carbocycles. The van der Waals surface area contributed by atoms with Crippen LogP contribution in [0.1, 0.15) is 21.7 Å². The molecule has 0 saturated carbocycles. The van der Waals surface area contributed by atoms with Gasteiger partial charge in [0.1, 0.15) is 0 Å². The molecule has 5 heteroatoms. The van der Waals surface area contributed by atoms with Crippen LogP contribution in [-0.4, -0.2) is 27.4 Å². The van der Waals surface area contributed by atoms with E-state index in [1.165, 1.54) is 4.68 Å². The SMILES string of the molecule is Cc1nn(C)c(C(=O)O)c1C=CCN. The average molecular weight is 195 g/mol. The minimum atomic E-state index is -0.982. The summed E-state index contributed by atoms with van der Waals surface area (Å²) in [6.45, 7) is 2.15. The Bertz CT molecular complexity index is 380. The van der Waals surface area contributed by atoms with Crippen LogP contribution in [-0.2, 0) is 7.05 Å². The van der Waals surface area contributed by atoms with Crippen molar-refractivity contribution in [2.75, 3.05) is 6.54 Å². The molecule has 0 aliphatic carbocycles. The van der Waals surface area contributed by atoms with E-state index in [-0.39, 0.29) is 5.69 Å². The van der Waals surface area contributed by atoms with Crippen molar-refractivity contribution in [2.45, 2.75) is 6.92 Å². The van der Waals surface area contributed by atoms with Crippen LogP contribution in [0.3, 0.4) is 0 Å². The van der Waals surface area contributed by atoms with E-state index in [1.807, 2.05) is 0 Å². The van der Waals surface area contributed by atoms with Gasteiger partial charge >= 0.3 is 5.97 Å². The first-order valence-electron chi connectivity index (χ1n) is 4.21. The smallest absolute Gasteiger partial charge is 0.354 e. The minimum Gasteiger partial charge on any atom is -0.477 e. The second kappa shape index (κ2) is 4.06. The highest BCUT2D eigenvalue weighted by atomic mass is 16.4. The predicted octanol–water partition coefficient (Wildman–Crippen LogP) is 0.399. The molecule has 0 fully saturated rings. The third-order valence-corrected chi connectivity index (χ3v) is 1.89. The van der Waals surface area contributed by atoms with Crippen molar-refractivity contribution in [1.82, 2.24) is 9.78 Å². The maximum atomic E-state index is 10.9. The zero-order valence-corrected chi connectivity index (χ0v) is 8.19. The van der Waals surface area contributed by atoms with Crippen LogP contribution in [0.2, 0.25) is 0 Å². The minimum absolute atomic E-state index is 0.187. The first-order valence-corrected chi connectivity index (χ1v) is 4.21. The van der Waals surface area contributed by atoms with E-state index >= 15 is 0 Å². The zero-order chi connectivity index (χ0) is 10.7. The fraction of sp³-hybridized carbons (Fsp3) is 0.333. The van der Waals surface area contributed by atoms with Gasteiger partial charge in [0.05, 0.1) is 5.69 Å². The monoisotopic (exact) mass is 195 g/mol. The van der Waals surface area contributed by atoms with Crippen LogP contribution in [0.5, 0.6) is 0 Å².